The van der Waals surface area contributed by atoms with Crippen LogP contribution in [0.4, 0.5) is 0 Å². The molecular weight excluding hydrogens is 351 g/mol. The topological polar surface area (TPSA) is 44.8 Å². The van der Waals surface area contributed by atoms with E-state index in [2.05, 4.69) is 0 Å². The molecule has 2 aromatic carbocycles. The molecule has 24 heavy (non-hydrogen) atoms. The van der Waals surface area contributed by atoms with Crippen LogP contribution in [0.2, 0.25) is 10.0 Å². The van der Waals surface area contributed by atoms with Gasteiger partial charge in [0.05, 0.1) is 23.8 Å². The summed E-state index contributed by atoms with van der Waals surface area (Å²) in [5.41, 5.74) is 1.14. The summed E-state index contributed by atoms with van der Waals surface area (Å²) in [7, 11) is 0. The molecule has 4 nitrogen and oxygen atoms in total. The van der Waals surface area contributed by atoms with Gasteiger partial charge in [0.2, 0.25) is 0 Å². The summed E-state index contributed by atoms with van der Waals surface area (Å²) in [6, 6.07) is 10.4. The van der Waals surface area contributed by atoms with Crippen molar-refractivity contribution in [2.24, 2.45) is 0 Å². The molecule has 0 bridgehead atoms. The second-order valence-electron chi connectivity index (χ2n) is 4.82. The molecule has 0 heterocycles. The molecule has 0 radical (unpaired) electrons. The first-order valence-corrected chi connectivity index (χ1v) is 8.32. The first-order valence-electron chi connectivity index (χ1n) is 7.56. The maximum absolute atomic E-state index is 11.9. The normalized spacial score (nSPS) is 10.3. The van der Waals surface area contributed by atoms with E-state index >= 15 is 0 Å². The number of carbonyl (C=O) groups is 1. The predicted molar refractivity (Wildman–Crippen MR) is 94.4 cm³/mol. The van der Waals surface area contributed by atoms with Crippen LogP contribution in [0.5, 0.6) is 11.5 Å². The number of carbonyl (C=O) groups excluding carboxylic acids is 1. The number of esters is 1. The average Bonchev–Trinajstić information content (AvgIpc) is 2.56. The van der Waals surface area contributed by atoms with Crippen molar-refractivity contribution in [1.29, 1.82) is 0 Å². The molecular formula is C18H18Cl2O4. The highest BCUT2D eigenvalue weighted by molar-refractivity contribution is 6.32. The highest BCUT2D eigenvalue weighted by atomic mass is 35.5. The molecule has 6 heteroatoms. The first-order chi connectivity index (χ1) is 11.6. The molecule has 0 fully saturated rings. The minimum atomic E-state index is -0.460. The third-order valence-corrected chi connectivity index (χ3v) is 3.80. The number of hydrogen-bond donors (Lipinski definition) is 0. The molecule has 2 aromatic rings. The third-order valence-electron chi connectivity index (χ3n) is 3.15. The maximum atomic E-state index is 11.9. The third kappa shape index (κ3) is 4.56. The van der Waals surface area contributed by atoms with Crippen molar-refractivity contribution in [2.75, 3.05) is 13.2 Å². The fourth-order valence-corrected chi connectivity index (χ4v) is 2.52. The highest BCUT2D eigenvalue weighted by Gasteiger charge is 2.17. The predicted octanol–water partition coefficient (Wildman–Crippen LogP) is 5.15. The first kappa shape index (κ1) is 18.4. The van der Waals surface area contributed by atoms with Crippen molar-refractivity contribution in [3.8, 4) is 11.5 Å². The minimum absolute atomic E-state index is 0.234. The van der Waals surface area contributed by atoms with Crippen LogP contribution in [0.25, 0.3) is 0 Å². The van der Waals surface area contributed by atoms with E-state index in [9.17, 15) is 4.79 Å². The van der Waals surface area contributed by atoms with E-state index in [-0.39, 0.29) is 18.2 Å². The Morgan fingerprint density at radius 2 is 1.75 bits per heavy atom. The van der Waals surface area contributed by atoms with Crippen LogP contribution in [0.3, 0.4) is 0 Å². The molecule has 0 aromatic heterocycles. The molecule has 0 saturated carbocycles. The van der Waals surface area contributed by atoms with Gasteiger partial charge in [-0.05, 0) is 32.0 Å². The molecule has 0 N–H and O–H groups in total. The zero-order valence-corrected chi connectivity index (χ0v) is 15.0. The van der Waals surface area contributed by atoms with Crippen molar-refractivity contribution in [3.05, 3.63) is 57.6 Å². The van der Waals surface area contributed by atoms with Gasteiger partial charge in [0.15, 0.2) is 11.5 Å². The Morgan fingerprint density at radius 1 is 1.00 bits per heavy atom. The summed E-state index contributed by atoms with van der Waals surface area (Å²) in [4.78, 5) is 11.9. The van der Waals surface area contributed by atoms with Crippen molar-refractivity contribution in [2.45, 2.75) is 20.5 Å². The minimum Gasteiger partial charge on any atom is -0.490 e. The summed E-state index contributed by atoms with van der Waals surface area (Å²) >= 11 is 12.4. The van der Waals surface area contributed by atoms with Crippen LogP contribution in [0.15, 0.2) is 36.4 Å². The quantitative estimate of drug-likeness (QED) is 0.634. The van der Waals surface area contributed by atoms with Gasteiger partial charge in [-0.15, -0.1) is 0 Å². The van der Waals surface area contributed by atoms with E-state index in [1.807, 2.05) is 25.1 Å². The van der Waals surface area contributed by atoms with Crippen LogP contribution < -0.4 is 9.47 Å². The summed E-state index contributed by atoms with van der Waals surface area (Å²) < 4.78 is 16.3. The van der Waals surface area contributed by atoms with E-state index in [0.29, 0.717) is 28.7 Å². The van der Waals surface area contributed by atoms with Gasteiger partial charge in [-0.2, -0.15) is 0 Å². The Labute approximate surface area is 151 Å². The highest BCUT2D eigenvalue weighted by Crippen LogP contribution is 2.37. The molecule has 0 aliphatic rings. The number of rotatable bonds is 7. The van der Waals surface area contributed by atoms with Gasteiger partial charge < -0.3 is 14.2 Å². The fraction of sp³-hybridized carbons (Fsp3) is 0.278. The average molecular weight is 369 g/mol. The van der Waals surface area contributed by atoms with Gasteiger partial charge in [-0.3, -0.25) is 0 Å². The van der Waals surface area contributed by atoms with Gasteiger partial charge >= 0.3 is 5.97 Å². The monoisotopic (exact) mass is 368 g/mol. The molecule has 0 unspecified atom stereocenters. The second-order valence-corrected chi connectivity index (χ2v) is 5.63. The lowest BCUT2D eigenvalue weighted by molar-refractivity contribution is 0.0525. The Bertz CT molecular complexity index is 716. The van der Waals surface area contributed by atoms with Crippen LogP contribution in [0, 0.1) is 0 Å². The van der Waals surface area contributed by atoms with Crippen molar-refractivity contribution < 1.29 is 19.0 Å². The summed E-state index contributed by atoms with van der Waals surface area (Å²) in [5, 5.41) is 0.880. The SMILES string of the molecule is CCOC(=O)c1cc(Cl)c(OCc2ccccc2Cl)c(OCC)c1. The van der Waals surface area contributed by atoms with Gasteiger partial charge in [0, 0.05) is 10.6 Å². The van der Waals surface area contributed by atoms with E-state index in [1.165, 1.54) is 6.07 Å². The molecule has 0 aliphatic carbocycles. The molecule has 0 aliphatic heterocycles. The molecule has 2 rings (SSSR count). The maximum Gasteiger partial charge on any atom is 0.338 e. The molecule has 0 amide bonds. The fourth-order valence-electron chi connectivity index (χ4n) is 2.07. The lowest BCUT2D eigenvalue weighted by atomic mass is 10.2. The second kappa shape index (κ2) is 8.81. The van der Waals surface area contributed by atoms with Crippen molar-refractivity contribution >= 4 is 29.2 Å². The lowest BCUT2D eigenvalue weighted by Crippen LogP contribution is -2.07. The number of benzene rings is 2. The molecule has 0 saturated heterocycles. The van der Waals surface area contributed by atoms with Gasteiger partial charge in [0.1, 0.15) is 6.61 Å². The van der Waals surface area contributed by atoms with E-state index < -0.39 is 5.97 Å². The van der Waals surface area contributed by atoms with Crippen molar-refractivity contribution in [1.82, 2.24) is 0 Å². The molecule has 0 spiro atoms. The Balaban J connectivity index is 2.28. The van der Waals surface area contributed by atoms with Gasteiger partial charge in [-0.25, -0.2) is 4.79 Å². The lowest BCUT2D eigenvalue weighted by Gasteiger charge is -2.15. The van der Waals surface area contributed by atoms with Crippen molar-refractivity contribution in [3.63, 3.8) is 0 Å². The van der Waals surface area contributed by atoms with Gasteiger partial charge in [-0.1, -0.05) is 41.4 Å². The molecule has 0 atom stereocenters. The zero-order valence-electron chi connectivity index (χ0n) is 13.5. The van der Waals surface area contributed by atoms with Crippen LogP contribution in [-0.2, 0) is 11.3 Å². The smallest absolute Gasteiger partial charge is 0.338 e. The number of hydrogen-bond acceptors (Lipinski definition) is 4. The Hall–Kier alpha value is -1.91. The van der Waals surface area contributed by atoms with Crippen LogP contribution in [-0.4, -0.2) is 19.2 Å². The standard InChI is InChI=1S/C18H18Cl2O4/c1-3-22-16-10-13(18(21)23-4-2)9-15(20)17(16)24-11-12-7-5-6-8-14(12)19/h5-10H,3-4,11H2,1-2H3. The largest absolute Gasteiger partial charge is 0.490 e. The Morgan fingerprint density at radius 3 is 2.42 bits per heavy atom. The van der Waals surface area contributed by atoms with Crippen LogP contribution in [0.1, 0.15) is 29.8 Å². The number of halogens is 2. The number of ether oxygens (including phenoxy) is 3. The molecule has 128 valence electrons. The van der Waals surface area contributed by atoms with E-state index in [4.69, 9.17) is 37.4 Å². The Kier molecular flexibility index (Phi) is 6.76. The van der Waals surface area contributed by atoms with Crippen LogP contribution >= 0.6 is 23.2 Å². The van der Waals surface area contributed by atoms with E-state index in [1.54, 1.807) is 19.1 Å². The zero-order chi connectivity index (χ0) is 17.5. The van der Waals surface area contributed by atoms with E-state index in [0.717, 1.165) is 5.56 Å². The summed E-state index contributed by atoms with van der Waals surface area (Å²) in [6.45, 7) is 4.50. The summed E-state index contributed by atoms with van der Waals surface area (Å²) in [5.74, 6) is 0.296. The van der Waals surface area contributed by atoms with Gasteiger partial charge in [0.25, 0.3) is 0 Å². The summed E-state index contributed by atoms with van der Waals surface area (Å²) in [6.07, 6.45) is 0.